The van der Waals surface area contributed by atoms with E-state index in [-0.39, 0.29) is 11.4 Å². The van der Waals surface area contributed by atoms with Crippen molar-refractivity contribution in [2.75, 3.05) is 5.73 Å². The summed E-state index contributed by atoms with van der Waals surface area (Å²) in [4.78, 5) is 19.6. The number of hydrogen-bond acceptors (Lipinski definition) is 5. The lowest BCUT2D eigenvalue weighted by atomic mass is 10.3. The molecule has 0 saturated carbocycles. The van der Waals surface area contributed by atoms with Crippen LogP contribution in [0.3, 0.4) is 0 Å². The van der Waals surface area contributed by atoms with Gasteiger partial charge in [0, 0.05) is 10.6 Å². The SMILES string of the molecule is Nc1cc(F)cc(SCc2nc3ccsc3c(=O)[nH]2)c1. The zero-order valence-corrected chi connectivity index (χ0v) is 11.9. The Morgan fingerprint density at radius 1 is 1.40 bits per heavy atom. The highest BCUT2D eigenvalue weighted by Gasteiger charge is 2.06. The second-order valence-electron chi connectivity index (χ2n) is 4.16. The number of H-pyrrole nitrogens is 1. The van der Waals surface area contributed by atoms with Crippen molar-refractivity contribution in [1.29, 1.82) is 0 Å². The van der Waals surface area contributed by atoms with E-state index in [4.69, 9.17) is 5.73 Å². The molecule has 0 aliphatic heterocycles. The van der Waals surface area contributed by atoms with Crippen molar-refractivity contribution >= 4 is 39.0 Å². The maximum absolute atomic E-state index is 13.2. The molecule has 1 aromatic carbocycles. The molecule has 0 spiro atoms. The predicted octanol–water partition coefficient (Wildman–Crippen LogP) is 3.00. The van der Waals surface area contributed by atoms with Gasteiger partial charge >= 0.3 is 0 Å². The number of rotatable bonds is 3. The predicted molar refractivity (Wildman–Crippen MR) is 80.6 cm³/mol. The van der Waals surface area contributed by atoms with E-state index in [9.17, 15) is 9.18 Å². The number of aromatic amines is 1. The van der Waals surface area contributed by atoms with Gasteiger partial charge in [0.2, 0.25) is 0 Å². The van der Waals surface area contributed by atoms with Gasteiger partial charge in [-0.15, -0.1) is 23.1 Å². The number of thiophene rings is 1. The minimum absolute atomic E-state index is 0.139. The Kier molecular flexibility index (Phi) is 3.45. The minimum Gasteiger partial charge on any atom is -0.399 e. The molecule has 0 atom stereocenters. The number of nitrogens with zero attached hydrogens (tertiary/aromatic N) is 1. The van der Waals surface area contributed by atoms with Gasteiger partial charge in [0.05, 0.1) is 11.3 Å². The van der Waals surface area contributed by atoms with Crippen molar-refractivity contribution < 1.29 is 4.39 Å². The lowest BCUT2D eigenvalue weighted by molar-refractivity contribution is 0.625. The van der Waals surface area contributed by atoms with Crippen LogP contribution in [0.4, 0.5) is 10.1 Å². The number of benzene rings is 1. The first-order valence-electron chi connectivity index (χ1n) is 5.77. The van der Waals surface area contributed by atoms with Crippen LogP contribution < -0.4 is 11.3 Å². The number of thioether (sulfide) groups is 1. The van der Waals surface area contributed by atoms with Gasteiger partial charge in [-0.05, 0) is 29.6 Å². The summed E-state index contributed by atoms with van der Waals surface area (Å²) in [5, 5.41) is 1.83. The van der Waals surface area contributed by atoms with Crippen LogP contribution in [0.25, 0.3) is 10.2 Å². The van der Waals surface area contributed by atoms with Gasteiger partial charge in [-0.2, -0.15) is 0 Å². The summed E-state index contributed by atoms with van der Waals surface area (Å²) in [6, 6.07) is 6.17. The third kappa shape index (κ3) is 2.68. The molecular formula is C13H10FN3OS2. The van der Waals surface area contributed by atoms with Crippen LogP contribution in [-0.4, -0.2) is 9.97 Å². The van der Waals surface area contributed by atoms with Gasteiger partial charge in [-0.25, -0.2) is 9.37 Å². The van der Waals surface area contributed by atoms with Crippen molar-refractivity contribution in [2.24, 2.45) is 0 Å². The maximum atomic E-state index is 13.2. The van der Waals surface area contributed by atoms with Gasteiger partial charge in [0.15, 0.2) is 0 Å². The third-order valence-electron chi connectivity index (χ3n) is 2.63. The average molecular weight is 307 g/mol. The molecular weight excluding hydrogens is 297 g/mol. The minimum atomic E-state index is -0.373. The van der Waals surface area contributed by atoms with E-state index in [1.807, 2.05) is 11.4 Å². The molecule has 0 aliphatic rings. The Bertz CT molecular complexity index is 808. The van der Waals surface area contributed by atoms with E-state index in [1.165, 1.54) is 35.2 Å². The zero-order chi connectivity index (χ0) is 14.1. The summed E-state index contributed by atoms with van der Waals surface area (Å²) < 4.78 is 13.8. The van der Waals surface area contributed by atoms with Crippen LogP contribution in [0.5, 0.6) is 0 Å². The number of aromatic nitrogens is 2. The highest BCUT2D eigenvalue weighted by molar-refractivity contribution is 7.98. The van der Waals surface area contributed by atoms with E-state index < -0.39 is 0 Å². The lowest BCUT2D eigenvalue weighted by Gasteiger charge is -2.03. The van der Waals surface area contributed by atoms with Crippen molar-refractivity contribution in [3.63, 3.8) is 0 Å². The highest BCUT2D eigenvalue weighted by atomic mass is 32.2. The molecule has 0 amide bonds. The maximum Gasteiger partial charge on any atom is 0.268 e. The molecule has 0 fully saturated rings. The molecule has 0 saturated heterocycles. The molecule has 7 heteroatoms. The molecule has 0 aliphatic carbocycles. The molecule has 0 unspecified atom stereocenters. The van der Waals surface area contributed by atoms with Crippen LogP contribution in [0.15, 0.2) is 39.3 Å². The molecule has 2 heterocycles. The van der Waals surface area contributed by atoms with E-state index in [1.54, 1.807) is 6.07 Å². The number of nitrogens with two attached hydrogens (primary N) is 1. The van der Waals surface area contributed by atoms with Gasteiger partial charge in [-0.1, -0.05) is 0 Å². The molecule has 2 aromatic heterocycles. The Balaban J connectivity index is 1.84. The van der Waals surface area contributed by atoms with E-state index >= 15 is 0 Å². The van der Waals surface area contributed by atoms with Gasteiger partial charge in [0.25, 0.3) is 5.56 Å². The molecule has 0 bridgehead atoms. The second-order valence-corrected chi connectivity index (χ2v) is 6.12. The fraction of sp³-hybridized carbons (Fsp3) is 0.0769. The fourth-order valence-corrected chi connectivity index (χ4v) is 3.39. The molecule has 3 aromatic rings. The second kappa shape index (κ2) is 5.26. The Morgan fingerprint density at radius 3 is 3.05 bits per heavy atom. The van der Waals surface area contributed by atoms with Gasteiger partial charge < -0.3 is 10.7 Å². The smallest absolute Gasteiger partial charge is 0.268 e. The van der Waals surface area contributed by atoms with Crippen molar-refractivity contribution in [3.05, 3.63) is 51.6 Å². The summed E-state index contributed by atoms with van der Waals surface area (Å²) in [5.41, 5.74) is 6.51. The summed E-state index contributed by atoms with van der Waals surface area (Å²) >= 11 is 2.73. The monoisotopic (exact) mass is 307 g/mol. The van der Waals surface area contributed by atoms with Gasteiger partial charge in [-0.3, -0.25) is 4.79 Å². The summed E-state index contributed by atoms with van der Waals surface area (Å²) in [5.74, 6) is 0.639. The number of anilines is 1. The standard InChI is InChI=1S/C13H10FN3OS2/c14-7-3-8(15)5-9(4-7)20-6-11-16-10-1-2-19-12(10)13(18)17-11/h1-5H,6,15H2,(H,16,17,18). The topological polar surface area (TPSA) is 71.8 Å². The number of nitrogen functional groups attached to an aromatic ring is 1. The van der Waals surface area contributed by atoms with Crippen LogP contribution in [0, 0.1) is 5.82 Å². The first kappa shape index (κ1) is 13.1. The molecule has 3 rings (SSSR count). The van der Waals surface area contributed by atoms with Crippen molar-refractivity contribution in [1.82, 2.24) is 9.97 Å². The van der Waals surface area contributed by atoms with Crippen LogP contribution in [0.1, 0.15) is 5.82 Å². The van der Waals surface area contributed by atoms with E-state index in [0.29, 0.717) is 32.4 Å². The number of nitrogens with one attached hydrogen (secondary N) is 1. The Labute approximate surface area is 121 Å². The third-order valence-corrected chi connectivity index (χ3v) is 4.52. The summed E-state index contributed by atoms with van der Waals surface area (Å²) in [7, 11) is 0. The number of halogens is 1. The zero-order valence-electron chi connectivity index (χ0n) is 10.2. The molecule has 4 nitrogen and oxygen atoms in total. The van der Waals surface area contributed by atoms with Gasteiger partial charge in [0.1, 0.15) is 16.3 Å². The van der Waals surface area contributed by atoms with Crippen LogP contribution in [0.2, 0.25) is 0 Å². The molecule has 102 valence electrons. The normalized spacial score (nSPS) is 11.1. The van der Waals surface area contributed by atoms with E-state index in [2.05, 4.69) is 9.97 Å². The van der Waals surface area contributed by atoms with Crippen LogP contribution >= 0.6 is 23.1 Å². The van der Waals surface area contributed by atoms with Crippen molar-refractivity contribution in [3.8, 4) is 0 Å². The summed E-state index contributed by atoms with van der Waals surface area (Å²) in [6.45, 7) is 0. The quantitative estimate of drug-likeness (QED) is 0.576. The highest BCUT2D eigenvalue weighted by Crippen LogP contribution is 2.25. The number of hydrogen-bond donors (Lipinski definition) is 2. The summed E-state index contributed by atoms with van der Waals surface area (Å²) in [6.07, 6.45) is 0. The molecule has 0 radical (unpaired) electrons. The first-order chi connectivity index (χ1) is 9.61. The fourth-order valence-electron chi connectivity index (χ4n) is 1.81. The van der Waals surface area contributed by atoms with Crippen molar-refractivity contribution in [2.45, 2.75) is 10.6 Å². The Hall–Kier alpha value is -1.86. The van der Waals surface area contributed by atoms with Crippen LogP contribution in [-0.2, 0) is 5.75 Å². The molecule has 3 N–H and O–H groups in total. The van der Waals surface area contributed by atoms with E-state index in [0.717, 1.165) is 0 Å². The first-order valence-corrected chi connectivity index (χ1v) is 7.63. The number of fused-ring (bicyclic) bond motifs is 1. The lowest BCUT2D eigenvalue weighted by Crippen LogP contribution is -2.09. The Morgan fingerprint density at radius 2 is 2.25 bits per heavy atom. The molecule has 20 heavy (non-hydrogen) atoms. The average Bonchev–Trinajstić information content (AvgIpc) is 2.84. The largest absolute Gasteiger partial charge is 0.399 e.